The van der Waals surface area contributed by atoms with E-state index in [-0.39, 0.29) is 12.0 Å². The molecule has 0 atom stereocenters. The lowest BCUT2D eigenvalue weighted by Crippen LogP contribution is -2.12. The second-order valence-corrected chi connectivity index (χ2v) is 3.33. The molecule has 1 rings (SSSR count). The van der Waals surface area contributed by atoms with Crippen LogP contribution in [0.1, 0.15) is 24.1 Å². The second-order valence-electron chi connectivity index (χ2n) is 3.33. The standard InChI is InChI=1S/C9H14N2O3/c1-6-7(4-3-5-8(12)13)10-11(2)9(6)14/h10H,3-5H2,1-2H3,(H,12,13). The number of rotatable bonds is 4. The van der Waals surface area contributed by atoms with Gasteiger partial charge in [0.1, 0.15) is 0 Å². The van der Waals surface area contributed by atoms with Gasteiger partial charge in [0.25, 0.3) is 5.56 Å². The van der Waals surface area contributed by atoms with Crippen LogP contribution < -0.4 is 5.56 Å². The van der Waals surface area contributed by atoms with Gasteiger partial charge in [-0.05, 0) is 19.8 Å². The van der Waals surface area contributed by atoms with E-state index in [1.807, 2.05) is 0 Å². The quantitative estimate of drug-likeness (QED) is 0.736. The van der Waals surface area contributed by atoms with Crippen LogP contribution in [-0.2, 0) is 18.3 Å². The predicted octanol–water partition coefficient (Wildman–Crippen LogP) is 0.429. The summed E-state index contributed by atoms with van der Waals surface area (Å²) in [4.78, 5) is 21.6. The van der Waals surface area contributed by atoms with Gasteiger partial charge in [-0.1, -0.05) is 0 Å². The van der Waals surface area contributed by atoms with Gasteiger partial charge >= 0.3 is 5.97 Å². The van der Waals surface area contributed by atoms with E-state index in [1.165, 1.54) is 4.68 Å². The summed E-state index contributed by atoms with van der Waals surface area (Å²) in [6, 6.07) is 0. The molecule has 1 heterocycles. The molecule has 0 saturated carbocycles. The Morgan fingerprint density at radius 3 is 2.64 bits per heavy atom. The molecule has 0 aliphatic carbocycles. The first-order valence-corrected chi connectivity index (χ1v) is 4.48. The molecular weight excluding hydrogens is 184 g/mol. The van der Waals surface area contributed by atoms with Crippen LogP contribution in [0.25, 0.3) is 0 Å². The molecule has 14 heavy (non-hydrogen) atoms. The van der Waals surface area contributed by atoms with Crippen LogP contribution in [0, 0.1) is 6.92 Å². The highest BCUT2D eigenvalue weighted by Gasteiger charge is 2.07. The van der Waals surface area contributed by atoms with Gasteiger partial charge in [-0.15, -0.1) is 0 Å². The minimum Gasteiger partial charge on any atom is -0.481 e. The van der Waals surface area contributed by atoms with Crippen molar-refractivity contribution in [3.05, 3.63) is 21.6 Å². The average molecular weight is 198 g/mol. The smallest absolute Gasteiger partial charge is 0.303 e. The van der Waals surface area contributed by atoms with Crippen LogP contribution in [0.15, 0.2) is 4.79 Å². The topological polar surface area (TPSA) is 75.1 Å². The Balaban J connectivity index is 2.64. The lowest BCUT2D eigenvalue weighted by Gasteiger charge is -1.96. The van der Waals surface area contributed by atoms with Crippen molar-refractivity contribution in [1.82, 2.24) is 9.78 Å². The van der Waals surface area contributed by atoms with Gasteiger partial charge in [0.2, 0.25) is 0 Å². The number of nitrogens with one attached hydrogen (secondary N) is 1. The number of aliphatic carboxylic acids is 1. The molecule has 0 aromatic carbocycles. The van der Waals surface area contributed by atoms with E-state index < -0.39 is 5.97 Å². The molecule has 5 nitrogen and oxygen atoms in total. The van der Waals surface area contributed by atoms with Crippen molar-refractivity contribution < 1.29 is 9.90 Å². The van der Waals surface area contributed by atoms with E-state index >= 15 is 0 Å². The van der Waals surface area contributed by atoms with E-state index in [0.29, 0.717) is 18.4 Å². The maximum Gasteiger partial charge on any atom is 0.303 e. The molecule has 0 fully saturated rings. The van der Waals surface area contributed by atoms with Gasteiger partial charge in [-0.3, -0.25) is 19.4 Å². The van der Waals surface area contributed by atoms with E-state index in [2.05, 4.69) is 5.10 Å². The zero-order valence-corrected chi connectivity index (χ0v) is 8.33. The molecule has 0 unspecified atom stereocenters. The molecule has 0 aliphatic rings. The van der Waals surface area contributed by atoms with Crippen LogP contribution >= 0.6 is 0 Å². The molecule has 78 valence electrons. The monoisotopic (exact) mass is 198 g/mol. The molecule has 0 bridgehead atoms. The fourth-order valence-electron chi connectivity index (χ4n) is 1.38. The average Bonchev–Trinajstić information content (AvgIpc) is 2.33. The summed E-state index contributed by atoms with van der Waals surface area (Å²) in [7, 11) is 1.65. The number of aryl methyl sites for hydroxylation is 2. The number of carboxylic acid groups (broad SMARTS) is 1. The summed E-state index contributed by atoms with van der Waals surface area (Å²) in [5, 5.41) is 11.3. The minimum absolute atomic E-state index is 0.0460. The first kappa shape index (κ1) is 10.6. The number of nitrogens with zero attached hydrogens (tertiary/aromatic N) is 1. The van der Waals surface area contributed by atoms with Crippen LogP contribution in [0.4, 0.5) is 0 Å². The minimum atomic E-state index is -0.805. The third kappa shape index (κ3) is 2.25. The van der Waals surface area contributed by atoms with Crippen molar-refractivity contribution >= 4 is 5.97 Å². The normalized spacial score (nSPS) is 10.4. The van der Waals surface area contributed by atoms with Gasteiger partial charge in [0, 0.05) is 24.7 Å². The lowest BCUT2D eigenvalue weighted by molar-refractivity contribution is -0.137. The van der Waals surface area contributed by atoms with Crippen molar-refractivity contribution in [2.45, 2.75) is 26.2 Å². The number of hydrogen-bond acceptors (Lipinski definition) is 2. The number of aromatic amines is 1. The molecule has 2 N–H and O–H groups in total. The zero-order chi connectivity index (χ0) is 10.7. The zero-order valence-electron chi connectivity index (χ0n) is 8.33. The highest BCUT2D eigenvalue weighted by atomic mass is 16.4. The molecule has 1 aromatic heterocycles. The Morgan fingerprint density at radius 2 is 2.21 bits per heavy atom. The van der Waals surface area contributed by atoms with E-state index in [4.69, 9.17) is 5.11 Å². The van der Waals surface area contributed by atoms with Gasteiger partial charge in [-0.2, -0.15) is 0 Å². The molecule has 5 heteroatoms. The van der Waals surface area contributed by atoms with Crippen LogP contribution in [-0.4, -0.2) is 20.9 Å². The van der Waals surface area contributed by atoms with Crippen molar-refractivity contribution in [3.63, 3.8) is 0 Å². The largest absolute Gasteiger partial charge is 0.481 e. The summed E-state index contributed by atoms with van der Waals surface area (Å²) < 4.78 is 1.41. The summed E-state index contributed by atoms with van der Waals surface area (Å²) in [5.41, 5.74) is 1.46. The third-order valence-electron chi connectivity index (χ3n) is 2.20. The predicted molar refractivity (Wildman–Crippen MR) is 51.3 cm³/mol. The van der Waals surface area contributed by atoms with Crippen LogP contribution in [0.2, 0.25) is 0 Å². The van der Waals surface area contributed by atoms with E-state index in [9.17, 15) is 9.59 Å². The van der Waals surface area contributed by atoms with E-state index in [0.717, 1.165) is 5.69 Å². The van der Waals surface area contributed by atoms with Crippen molar-refractivity contribution in [1.29, 1.82) is 0 Å². The first-order valence-electron chi connectivity index (χ1n) is 4.48. The molecule has 0 aliphatic heterocycles. The Hall–Kier alpha value is -1.52. The second kappa shape index (κ2) is 4.13. The first-order chi connectivity index (χ1) is 6.52. The fraction of sp³-hybridized carbons (Fsp3) is 0.556. The van der Waals surface area contributed by atoms with Crippen molar-refractivity contribution in [3.8, 4) is 0 Å². The van der Waals surface area contributed by atoms with Crippen molar-refractivity contribution in [2.75, 3.05) is 0 Å². The molecule has 0 spiro atoms. The summed E-state index contributed by atoms with van der Waals surface area (Å²) in [5.74, 6) is -0.805. The third-order valence-corrected chi connectivity index (χ3v) is 2.20. The molecule has 0 radical (unpaired) electrons. The maximum atomic E-state index is 11.3. The number of aromatic nitrogens is 2. The summed E-state index contributed by atoms with van der Waals surface area (Å²) >= 11 is 0. The van der Waals surface area contributed by atoms with Gasteiger partial charge in [0.05, 0.1) is 0 Å². The molecular formula is C9H14N2O3. The molecule has 0 saturated heterocycles. The Kier molecular flexibility index (Phi) is 3.11. The van der Waals surface area contributed by atoms with Crippen LogP contribution in [0.5, 0.6) is 0 Å². The van der Waals surface area contributed by atoms with Crippen molar-refractivity contribution in [2.24, 2.45) is 7.05 Å². The number of H-pyrrole nitrogens is 1. The summed E-state index contributed by atoms with van der Waals surface area (Å²) in [6.07, 6.45) is 1.29. The highest BCUT2D eigenvalue weighted by Crippen LogP contribution is 2.04. The highest BCUT2D eigenvalue weighted by molar-refractivity contribution is 5.66. The van der Waals surface area contributed by atoms with Gasteiger partial charge < -0.3 is 5.11 Å². The molecule has 0 amide bonds. The maximum absolute atomic E-state index is 11.3. The van der Waals surface area contributed by atoms with Gasteiger partial charge in [-0.25, -0.2) is 0 Å². The lowest BCUT2D eigenvalue weighted by atomic mass is 10.1. The Labute approximate surface area is 81.3 Å². The SMILES string of the molecule is Cc1c(CCCC(=O)O)[nH]n(C)c1=O. The Bertz CT molecular complexity index is 389. The number of carbonyl (C=O) groups is 1. The molecule has 1 aromatic rings. The van der Waals surface area contributed by atoms with Gasteiger partial charge in [0.15, 0.2) is 0 Å². The number of hydrogen-bond donors (Lipinski definition) is 2. The van der Waals surface area contributed by atoms with Crippen LogP contribution in [0.3, 0.4) is 0 Å². The number of carboxylic acids is 1. The summed E-state index contributed by atoms with van der Waals surface area (Å²) in [6.45, 7) is 1.74. The Morgan fingerprint density at radius 1 is 1.57 bits per heavy atom. The van der Waals surface area contributed by atoms with E-state index in [1.54, 1.807) is 14.0 Å². The fourth-order valence-corrected chi connectivity index (χ4v) is 1.38.